The molecule has 3 rings (SSSR count). The molecule has 0 atom stereocenters. The fraction of sp³-hybridized carbons (Fsp3) is 0.100. The molecule has 0 saturated heterocycles. The van der Waals surface area contributed by atoms with Crippen molar-refractivity contribution in [2.75, 3.05) is 0 Å². The molecule has 25 heavy (non-hydrogen) atoms. The Labute approximate surface area is 154 Å². The van der Waals surface area contributed by atoms with Crippen LogP contribution in [0.2, 0.25) is 0 Å². The van der Waals surface area contributed by atoms with E-state index in [9.17, 15) is 9.59 Å². The molecule has 126 valence electrons. The highest BCUT2D eigenvalue weighted by atomic mass is 79.9. The number of amides is 2. The second kappa shape index (κ2) is 7.49. The first-order valence-electron chi connectivity index (χ1n) is 7.86. The molecule has 3 aromatic carbocycles. The van der Waals surface area contributed by atoms with Crippen molar-refractivity contribution in [3.63, 3.8) is 0 Å². The van der Waals surface area contributed by atoms with Crippen molar-refractivity contribution in [1.29, 1.82) is 0 Å². The molecule has 0 bridgehead atoms. The van der Waals surface area contributed by atoms with Gasteiger partial charge in [-0.1, -0.05) is 64.5 Å². The van der Waals surface area contributed by atoms with Gasteiger partial charge in [0.25, 0.3) is 5.91 Å². The maximum atomic E-state index is 12.2. The zero-order valence-corrected chi connectivity index (χ0v) is 15.3. The first-order chi connectivity index (χ1) is 12.0. The van der Waals surface area contributed by atoms with Crippen molar-refractivity contribution in [2.24, 2.45) is 0 Å². The molecule has 0 aromatic heterocycles. The van der Waals surface area contributed by atoms with Gasteiger partial charge < -0.3 is 0 Å². The van der Waals surface area contributed by atoms with Crippen LogP contribution < -0.4 is 10.9 Å². The van der Waals surface area contributed by atoms with Gasteiger partial charge in [0, 0.05) is 10.0 Å². The van der Waals surface area contributed by atoms with Crippen LogP contribution in [0, 0.1) is 6.92 Å². The fourth-order valence-corrected chi connectivity index (χ4v) is 2.98. The lowest BCUT2D eigenvalue weighted by atomic mass is 10.0. The molecule has 0 spiro atoms. The Hall–Kier alpha value is -2.66. The lowest BCUT2D eigenvalue weighted by Crippen LogP contribution is -2.42. The monoisotopic (exact) mass is 396 g/mol. The zero-order valence-electron chi connectivity index (χ0n) is 13.7. The second-order valence-corrected chi connectivity index (χ2v) is 6.64. The van der Waals surface area contributed by atoms with Crippen LogP contribution in [0.15, 0.2) is 65.1 Å². The summed E-state index contributed by atoms with van der Waals surface area (Å²) in [6.45, 7) is 1.94. The molecule has 0 heterocycles. The minimum Gasteiger partial charge on any atom is -0.273 e. The number of carbonyl (C=O) groups excluding carboxylic acids is 2. The van der Waals surface area contributed by atoms with E-state index in [1.165, 1.54) is 0 Å². The molecule has 0 aliphatic rings. The van der Waals surface area contributed by atoms with Gasteiger partial charge >= 0.3 is 0 Å². The largest absolute Gasteiger partial charge is 0.273 e. The number of halogens is 1. The molecule has 0 saturated carbocycles. The average molecular weight is 397 g/mol. The van der Waals surface area contributed by atoms with Gasteiger partial charge in [0.05, 0.1) is 6.42 Å². The van der Waals surface area contributed by atoms with E-state index in [1.54, 1.807) is 12.1 Å². The third-order valence-corrected chi connectivity index (χ3v) is 4.83. The summed E-state index contributed by atoms with van der Waals surface area (Å²) in [5.41, 5.74) is 7.36. The Kier molecular flexibility index (Phi) is 5.14. The molecule has 5 heteroatoms. The highest BCUT2D eigenvalue weighted by Crippen LogP contribution is 2.19. The summed E-state index contributed by atoms with van der Waals surface area (Å²) in [4.78, 5) is 24.3. The molecule has 4 nitrogen and oxygen atoms in total. The fourth-order valence-electron chi connectivity index (χ4n) is 2.60. The van der Waals surface area contributed by atoms with E-state index in [-0.39, 0.29) is 18.2 Å². The molecule has 0 fully saturated rings. The molecule has 3 aromatic rings. The van der Waals surface area contributed by atoms with Crippen LogP contribution in [0.5, 0.6) is 0 Å². The number of hydrazine groups is 1. The molecule has 2 N–H and O–H groups in total. The van der Waals surface area contributed by atoms with Crippen LogP contribution in [0.1, 0.15) is 21.5 Å². The highest BCUT2D eigenvalue weighted by molar-refractivity contribution is 9.10. The van der Waals surface area contributed by atoms with Crippen molar-refractivity contribution >= 4 is 38.5 Å². The number of hydrogen-bond acceptors (Lipinski definition) is 2. The quantitative estimate of drug-likeness (QED) is 0.659. The Morgan fingerprint density at radius 2 is 1.72 bits per heavy atom. The summed E-state index contributed by atoms with van der Waals surface area (Å²) in [5.74, 6) is -0.622. The number of benzene rings is 3. The molecule has 2 amide bonds. The van der Waals surface area contributed by atoms with E-state index in [2.05, 4.69) is 26.8 Å². The van der Waals surface area contributed by atoms with E-state index in [0.717, 1.165) is 26.4 Å². The number of hydrogen-bond donors (Lipinski definition) is 2. The lowest BCUT2D eigenvalue weighted by Gasteiger charge is -2.10. The van der Waals surface area contributed by atoms with E-state index in [4.69, 9.17) is 0 Å². The minimum atomic E-state index is -0.355. The first kappa shape index (κ1) is 17.2. The SMILES string of the molecule is Cc1ccc(C(=O)NNC(=O)Cc2cccc3ccccc23)cc1Br. The van der Waals surface area contributed by atoms with E-state index in [1.807, 2.05) is 55.5 Å². The minimum absolute atomic E-state index is 0.194. The van der Waals surface area contributed by atoms with E-state index < -0.39 is 0 Å². The maximum Gasteiger partial charge on any atom is 0.269 e. The number of nitrogens with one attached hydrogen (secondary N) is 2. The summed E-state index contributed by atoms with van der Waals surface area (Å²) >= 11 is 3.39. The third-order valence-electron chi connectivity index (χ3n) is 3.98. The topological polar surface area (TPSA) is 58.2 Å². The normalized spacial score (nSPS) is 10.5. The van der Waals surface area contributed by atoms with Crippen LogP contribution in [-0.2, 0) is 11.2 Å². The van der Waals surface area contributed by atoms with Crippen LogP contribution in [-0.4, -0.2) is 11.8 Å². The van der Waals surface area contributed by atoms with Gasteiger partial charge in [0.15, 0.2) is 0 Å². The molecular weight excluding hydrogens is 380 g/mol. The predicted molar refractivity (Wildman–Crippen MR) is 102 cm³/mol. The van der Waals surface area contributed by atoms with Crippen molar-refractivity contribution in [1.82, 2.24) is 10.9 Å². The Balaban J connectivity index is 1.64. The molecule has 0 aliphatic heterocycles. The predicted octanol–water partition coefficient (Wildman–Crippen LogP) is 3.91. The van der Waals surface area contributed by atoms with Crippen molar-refractivity contribution in [2.45, 2.75) is 13.3 Å². The van der Waals surface area contributed by atoms with Crippen LogP contribution in [0.3, 0.4) is 0 Å². The van der Waals surface area contributed by atoms with Crippen molar-refractivity contribution in [3.8, 4) is 0 Å². The highest BCUT2D eigenvalue weighted by Gasteiger charge is 2.10. The number of rotatable bonds is 3. The van der Waals surface area contributed by atoms with Gasteiger partial charge in [-0.2, -0.15) is 0 Å². The standard InChI is InChI=1S/C20H17BrN2O2/c1-13-9-10-16(11-18(13)21)20(25)23-22-19(24)12-15-7-4-6-14-5-2-3-8-17(14)15/h2-11H,12H2,1H3,(H,22,24)(H,23,25). The molecule has 0 unspecified atom stereocenters. The van der Waals surface area contributed by atoms with Gasteiger partial charge in [-0.3, -0.25) is 20.4 Å². The molecule has 0 aliphatic carbocycles. The zero-order chi connectivity index (χ0) is 17.8. The van der Waals surface area contributed by atoms with Gasteiger partial charge in [0.1, 0.15) is 0 Å². The van der Waals surface area contributed by atoms with E-state index >= 15 is 0 Å². The van der Waals surface area contributed by atoms with E-state index in [0.29, 0.717) is 5.56 Å². The number of carbonyl (C=O) groups is 2. The van der Waals surface area contributed by atoms with Crippen molar-refractivity contribution in [3.05, 3.63) is 81.8 Å². The van der Waals surface area contributed by atoms with Crippen LogP contribution in [0.4, 0.5) is 0 Å². The lowest BCUT2D eigenvalue weighted by molar-refractivity contribution is -0.121. The molecule has 0 radical (unpaired) electrons. The second-order valence-electron chi connectivity index (χ2n) is 5.78. The summed E-state index contributed by atoms with van der Waals surface area (Å²) in [6, 6.07) is 19.0. The maximum absolute atomic E-state index is 12.2. The Morgan fingerprint density at radius 1 is 0.960 bits per heavy atom. The number of aryl methyl sites for hydroxylation is 1. The van der Waals surface area contributed by atoms with Gasteiger partial charge in [0.2, 0.25) is 5.91 Å². The summed E-state index contributed by atoms with van der Waals surface area (Å²) in [7, 11) is 0. The van der Waals surface area contributed by atoms with Gasteiger partial charge in [-0.15, -0.1) is 0 Å². The number of fused-ring (bicyclic) bond motifs is 1. The first-order valence-corrected chi connectivity index (χ1v) is 8.66. The smallest absolute Gasteiger partial charge is 0.269 e. The summed E-state index contributed by atoms with van der Waals surface area (Å²) in [5, 5.41) is 2.12. The average Bonchev–Trinajstić information content (AvgIpc) is 2.62. The van der Waals surface area contributed by atoms with Gasteiger partial charge in [-0.05, 0) is 41.0 Å². The third kappa shape index (κ3) is 4.06. The van der Waals surface area contributed by atoms with Crippen molar-refractivity contribution < 1.29 is 9.59 Å². The van der Waals surface area contributed by atoms with Crippen LogP contribution >= 0.6 is 15.9 Å². The summed E-state index contributed by atoms with van der Waals surface area (Å²) in [6.07, 6.45) is 0.194. The van der Waals surface area contributed by atoms with Crippen LogP contribution in [0.25, 0.3) is 10.8 Å². The Bertz CT molecular complexity index is 948. The molecular formula is C20H17BrN2O2. The van der Waals surface area contributed by atoms with Gasteiger partial charge in [-0.25, -0.2) is 0 Å². The summed E-state index contributed by atoms with van der Waals surface area (Å²) < 4.78 is 0.849. The Morgan fingerprint density at radius 3 is 2.52 bits per heavy atom.